The number of nitrogens with zero attached hydrogens (tertiary/aromatic N) is 2. The molecular weight excluding hydrogens is 314 g/mol. The van der Waals surface area contributed by atoms with Gasteiger partial charge in [0.05, 0.1) is 18.3 Å². The van der Waals surface area contributed by atoms with Crippen molar-refractivity contribution in [1.29, 1.82) is 0 Å². The summed E-state index contributed by atoms with van der Waals surface area (Å²) in [6.07, 6.45) is 2.95. The Morgan fingerprint density at radius 3 is 2.88 bits per heavy atom. The molecule has 0 aliphatic carbocycles. The third-order valence-corrected chi connectivity index (χ3v) is 4.56. The van der Waals surface area contributed by atoms with Crippen molar-refractivity contribution in [2.75, 3.05) is 6.61 Å². The molecular formula is C20H27N3O2. The standard InChI is InChI=1S/C20H27N3O2/c1-13(2)10-17-12-18(23(4)22-17)20(24)21-14(3)15-7-8-19-16(11-15)6-5-9-25-19/h7-8,11-14H,5-6,9-10H2,1-4H3,(H,21,24)/t14-/m0/s1. The van der Waals surface area contributed by atoms with Crippen molar-refractivity contribution in [2.45, 2.75) is 46.1 Å². The number of aromatic nitrogens is 2. The molecule has 5 heteroatoms. The number of rotatable bonds is 5. The number of carbonyl (C=O) groups is 1. The van der Waals surface area contributed by atoms with Gasteiger partial charge in [0.1, 0.15) is 11.4 Å². The summed E-state index contributed by atoms with van der Waals surface area (Å²) in [6.45, 7) is 7.10. The lowest BCUT2D eigenvalue weighted by molar-refractivity contribution is 0.0930. The zero-order valence-electron chi connectivity index (χ0n) is 15.5. The highest BCUT2D eigenvalue weighted by Gasteiger charge is 2.18. The summed E-state index contributed by atoms with van der Waals surface area (Å²) in [6, 6.07) is 8.01. The van der Waals surface area contributed by atoms with E-state index in [9.17, 15) is 4.79 Å². The van der Waals surface area contributed by atoms with Gasteiger partial charge >= 0.3 is 0 Å². The summed E-state index contributed by atoms with van der Waals surface area (Å²) in [7, 11) is 1.82. The van der Waals surface area contributed by atoms with Crippen LogP contribution in [-0.4, -0.2) is 22.3 Å². The van der Waals surface area contributed by atoms with Gasteiger partial charge in [0.2, 0.25) is 0 Å². The number of hydrogen-bond donors (Lipinski definition) is 1. The molecule has 0 radical (unpaired) electrons. The second-order valence-electron chi connectivity index (χ2n) is 7.26. The molecule has 1 N–H and O–H groups in total. The molecule has 2 heterocycles. The Morgan fingerprint density at radius 2 is 2.12 bits per heavy atom. The zero-order chi connectivity index (χ0) is 18.0. The lowest BCUT2D eigenvalue weighted by Gasteiger charge is -2.20. The van der Waals surface area contributed by atoms with E-state index in [-0.39, 0.29) is 11.9 Å². The summed E-state index contributed by atoms with van der Waals surface area (Å²) in [4.78, 5) is 12.6. The highest BCUT2D eigenvalue weighted by molar-refractivity contribution is 5.92. The second-order valence-corrected chi connectivity index (χ2v) is 7.26. The van der Waals surface area contributed by atoms with Crippen molar-refractivity contribution in [3.05, 3.63) is 46.8 Å². The van der Waals surface area contributed by atoms with Crippen LogP contribution in [0, 0.1) is 5.92 Å². The molecule has 25 heavy (non-hydrogen) atoms. The van der Waals surface area contributed by atoms with Crippen molar-refractivity contribution >= 4 is 5.91 Å². The zero-order valence-corrected chi connectivity index (χ0v) is 15.5. The lowest BCUT2D eigenvalue weighted by Crippen LogP contribution is -2.28. The maximum atomic E-state index is 12.6. The van der Waals surface area contributed by atoms with Crippen LogP contribution in [0.25, 0.3) is 0 Å². The van der Waals surface area contributed by atoms with Crippen LogP contribution in [0.1, 0.15) is 60.5 Å². The number of ether oxygens (including phenoxy) is 1. The van der Waals surface area contributed by atoms with E-state index in [0.717, 1.165) is 42.9 Å². The molecule has 0 saturated heterocycles. The van der Waals surface area contributed by atoms with E-state index in [1.165, 1.54) is 5.56 Å². The normalized spacial score (nSPS) is 14.8. The number of carbonyl (C=O) groups excluding carboxylic acids is 1. The largest absolute Gasteiger partial charge is 0.493 e. The minimum absolute atomic E-state index is 0.0665. The van der Waals surface area contributed by atoms with Gasteiger partial charge in [-0.3, -0.25) is 9.48 Å². The Balaban J connectivity index is 1.71. The Bertz CT molecular complexity index is 764. The SMILES string of the molecule is CC(C)Cc1cc(C(=O)N[C@@H](C)c2ccc3c(c2)CCCO3)n(C)n1. The average molecular weight is 341 g/mol. The van der Waals surface area contributed by atoms with Crippen LogP contribution in [0.2, 0.25) is 0 Å². The highest BCUT2D eigenvalue weighted by Crippen LogP contribution is 2.27. The number of hydrogen-bond acceptors (Lipinski definition) is 3. The first-order valence-electron chi connectivity index (χ1n) is 9.03. The molecule has 0 bridgehead atoms. The molecule has 0 unspecified atom stereocenters. The van der Waals surface area contributed by atoms with Gasteiger partial charge in [-0.05, 0) is 55.4 Å². The summed E-state index contributed by atoms with van der Waals surface area (Å²) in [5.41, 5.74) is 3.89. The minimum atomic E-state index is -0.0912. The van der Waals surface area contributed by atoms with E-state index in [1.807, 2.05) is 32.2 Å². The predicted molar refractivity (Wildman–Crippen MR) is 97.9 cm³/mol. The summed E-state index contributed by atoms with van der Waals surface area (Å²) in [5.74, 6) is 1.40. The van der Waals surface area contributed by atoms with Crippen LogP contribution in [-0.2, 0) is 19.9 Å². The molecule has 1 aliphatic heterocycles. The molecule has 2 aromatic rings. The molecule has 1 aromatic carbocycles. The first-order valence-corrected chi connectivity index (χ1v) is 9.03. The third kappa shape index (κ3) is 4.03. The molecule has 5 nitrogen and oxygen atoms in total. The minimum Gasteiger partial charge on any atom is -0.493 e. The number of benzene rings is 1. The van der Waals surface area contributed by atoms with E-state index in [0.29, 0.717) is 11.6 Å². The Labute approximate surface area is 149 Å². The first kappa shape index (κ1) is 17.5. The Kier molecular flexibility index (Phi) is 5.11. The van der Waals surface area contributed by atoms with E-state index in [4.69, 9.17) is 4.74 Å². The van der Waals surface area contributed by atoms with Crippen LogP contribution in [0.3, 0.4) is 0 Å². The first-order chi connectivity index (χ1) is 11.9. The summed E-state index contributed by atoms with van der Waals surface area (Å²) < 4.78 is 7.33. The molecule has 1 atom stereocenters. The molecule has 1 aromatic heterocycles. The summed E-state index contributed by atoms with van der Waals surface area (Å²) in [5, 5.41) is 7.54. The average Bonchev–Trinajstić information content (AvgIpc) is 2.94. The number of amides is 1. The van der Waals surface area contributed by atoms with Crippen molar-refractivity contribution in [2.24, 2.45) is 13.0 Å². The maximum Gasteiger partial charge on any atom is 0.270 e. The van der Waals surface area contributed by atoms with Crippen LogP contribution in [0.5, 0.6) is 5.75 Å². The number of nitrogens with one attached hydrogen (secondary N) is 1. The molecule has 3 rings (SSSR count). The molecule has 1 aliphatic rings. The van der Waals surface area contributed by atoms with Crippen molar-refractivity contribution < 1.29 is 9.53 Å². The fourth-order valence-corrected chi connectivity index (χ4v) is 3.26. The number of fused-ring (bicyclic) bond motifs is 1. The molecule has 1 amide bonds. The van der Waals surface area contributed by atoms with E-state index in [1.54, 1.807) is 4.68 Å². The molecule has 134 valence electrons. The smallest absolute Gasteiger partial charge is 0.270 e. The fourth-order valence-electron chi connectivity index (χ4n) is 3.26. The topological polar surface area (TPSA) is 56.1 Å². The highest BCUT2D eigenvalue weighted by atomic mass is 16.5. The van der Waals surface area contributed by atoms with E-state index in [2.05, 4.69) is 30.3 Å². The van der Waals surface area contributed by atoms with Gasteiger partial charge in [-0.15, -0.1) is 0 Å². The van der Waals surface area contributed by atoms with E-state index < -0.39 is 0 Å². The monoisotopic (exact) mass is 341 g/mol. The second kappa shape index (κ2) is 7.30. The predicted octanol–water partition coefficient (Wildman–Crippen LogP) is 3.43. The number of aryl methyl sites for hydroxylation is 2. The lowest BCUT2D eigenvalue weighted by atomic mass is 10.00. The molecule has 0 saturated carbocycles. The van der Waals surface area contributed by atoms with E-state index >= 15 is 0 Å². The Morgan fingerprint density at radius 1 is 1.32 bits per heavy atom. The van der Waals surface area contributed by atoms with Crippen molar-refractivity contribution in [3.63, 3.8) is 0 Å². The fraction of sp³-hybridized carbons (Fsp3) is 0.500. The van der Waals surface area contributed by atoms with Gasteiger partial charge in [0.25, 0.3) is 5.91 Å². The van der Waals surface area contributed by atoms with Gasteiger partial charge < -0.3 is 10.1 Å². The van der Waals surface area contributed by atoms with Crippen LogP contribution in [0.15, 0.2) is 24.3 Å². The Hall–Kier alpha value is -2.30. The van der Waals surface area contributed by atoms with Gasteiger partial charge in [-0.25, -0.2) is 0 Å². The molecule has 0 spiro atoms. The van der Waals surface area contributed by atoms with Crippen molar-refractivity contribution in [1.82, 2.24) is 15.1 Å². The quantitative estimate of drug-likeness (QED) is 0.906. The molecule has 0 fully saturated rings. The maximum absolute atomic E-state index is 12.6. The van der Waals surface area contributed by atoms with Crippen LogP contribution in [0.4, 0.5) is 0 Å². The van der Waals surface area contributed by atoms with Gasteiger partial charge in [-0.1, -0.05) is 26.0 Å². The van der Waals surface area contributed by atoms with Gasteiger partial charge in [0.15, 0.2) is 0 Å². The van der Waals surface area contributed by atoms with Gasteiger partial charge in [0, 0.05) is 7.05 Å². The van der Waals surface area contributed by atoms with Crippen molar-refractivity contribution in [3.8, 4) is 5.75 Å². The van der Waals surface area contributed by atoms with Gasteiger partial charge in [-0.2, -0.15) is 5.10 Å². The van der Waals surface area contributed by atoms with Crippen LogP contribution < -0.4 is 10.1 Å². The summed E-state index contributed by atoms with van der Waals surface area (Å²) >= 11 is 0. The van der Waals surface area contributed by atoms with Crippen LogP contribution >= 0.6 is 0 Å². The third-order valence-electron chi connectivity index (χ3n) is 4.56.